The van der Waals surface area contributed by atoms with Crippen molar-refractivity contribution in [3.63, 3.8) is 0 Å². The Kier molecular flexibility index (Phi) is 4.13. The third-order valence-corrected chi connectivity index (χ3v) is 3.68. The van der Waals surface area contributed by atoms with E-state index < -0.39 is 0 Å². The Bertz CT molecular complexity index is 521. The van der Waals surface area contributed by atoms with Crippen LogP contribution >= 0.6 is 0 Å². The average molecular weight is 275 g/mol. The smallest absolute Gasteiger partial charge is 0.122 e. The van der Waals surface area contributed by atoms with E-state index in [1.54, 1.807) is 6.20 Å². The van der Waals surface area contributed by atoms with E-state index in [2.05, 4.69) is 26.5 Å². The predicted molar refractivity (Wildman–Crippen MR) is 75.1 cm³/mol. The maximum absolute atomic E-state index is 5.83. The molecule has 1 atom stereocenters. The van der Waals surface area contributed by atoms with Crippen LogP contribution in [-0.4, -0.2) is 50.0 Å². The van der Waals surface area contributed by atoms with Crippen LogP contribution in [0.3, 0.4) is 0 Å². The van der Waals surface area contributed by atoms with Crippen LogP contribution in [0, 0.1) is 0 Å². The second kappa shape index (κ2) is 6.19. The molecule has 0 bridgehead atoms. The Labute approximate surface area is 119 Å². The van der Waals surface area contributed by atoms with Gasteiger partial charge >= 0.3 is 0 Å². The Hall–Kier alpha value is -1.66. The average Bonchev–Trinajstić information content (AvgIpc) is 3.10. The molecule has 6 heteroatoms. The van der Waals surface area contributed by atoms with Crippen molar-refractivity contribution >= 4 is 0 Å². The fraction of sp³-hybridized carbons (Fsp3) is 0.571. The molecule has 20 heavy (non-hydrogen) atoms. The van der Waals surface area contributed by atoms with Gasteiger partial charge in [0, 0.05) is 44.4 Å². The van der Waals surface area contributed by atoms with Crippen LogP contribution in [0.15, 0.2) is 30.9 Å². The number of morpholine rings is 1. The van der Waals surface area contributed by atoms with Crippen molar-refractivity contribution in [2.75, 3.05) is 19.7 Å². The molecule has 108 valence electrons. The number of hydrogen-bond acceptors (Lipinski definition) is 4. The van der Waals surface area contributed by atoms with E-state index in [9.17, 15) is 0 Å². The largest absolute Gasteiger partial charge is 0.374 e. The third-order valence-electron chi connectivity index (χ3n) is 3.68. The molecule has 1 aliphatic heterocycles. The van der Waals surface area contributed by atoms with Crippen molar-refractivity contribution in [1.82, 2.24) is 24.2 Å². The number of imidazole rings is 1. The quantitative estimate of drug-likeness (QED) is 0.817. The second-order valence-corrected chi connectivity index (χ2v) is 5.09. The van der Waals surface area contributed by atoms with E-state index in [0.29, 0.717) is 0 Å². The van der Waals surface area contributed by atoms with Gasteiger partial charge in [-0.3, -0.25) is 9.58 Å². The van der Waals surface area contributed by atoms with Crippen molar-refractivity contribution < 1.29 is 4.74 Å². The molecule has 0 saturated carbocycles. The normalized spacial score (nSPS) is 20.4. The lowest BCUT2D eigenvalue weighted by Gasteiger charge is -2.32. The molecule has 0 N–H and O–H groups in total. The molecule has 2 aromatic heterocycles. The summed E-state index contributed by atoms with van der Waals surface area (Å²) >= 11 is 0. The molecule has 1 saturated heterocycles. The summed E-state index contributed by atoms with van der Waals surface area (Å²) in [5.74, 6) is 1.13. The van der Waals surface area contributed by atoms with Gasteiger partial charge in [0.15, 0.2) is 0 Å². The van der Waals surface area contributed by atoms with Crippen LogP contribution < -0.4 is 0 Å². The number of aromatic nitrogens is 4. The minimum Gasteiger partial charge on any atom is -0.374 e. The van der Waals surface area contributed by atoms with Gasteiger partial charge in [-0.2, -0.15) is 5.10 Å². The van der Waals surface area contributed by atoms with E-state index in [1.165, 1.54) is 0 Å². The minimum atomic E-state index is 0.202. The summed E-state index contributed by atoms with van der Waals surface area (Å²) in [5, 5.41) is 4.24. The molecule has 0 radical (unpaired) electrons. The van der Waals surface area contributed by atoms with Crippen LogP contribution in [0.4, 0.5) is 0 Å². The van der Waals surface area contributed by atoms with E-state index in [-0.39, 0.29) is 6.10 Å². The number of rotatable bonds is 5. The third kappa shape index (κ3) is 3.08. The van der Waals surface area contributed by atoms with Gasteiger partial charge in [0.25, 0.3) is 0 Å². The first-order valence-corrected chi connectivity index (χ1v) is 7.16. The van der Waals surface area contributed by atoms with Crippen molar-refractivity contribution in [3.8, 4) is 0 Å². The zero-order valence-electron chi connectivity index (χ0n) is 11.9. The maximum atomic E-state index is 5.83. The van der Waals surface area contributed by atoms with E-state index in [4.69, 9.17) is 4.74 Å². The van der Waals surface area contributed by atoms with E-state index in [1.807, 2.05) is 29.3 Å². The highest BCUT2D eigenvalue weighted by Crippen LogP contribution is 2.11. The lowest BCUT2D eigenvalue weighted by atomic mass is 10.2. The standard InChI is InChI=1S/C14H21N5O/c1-2-18-7-5-15-14(18)12-17-8-9-20-13(10-17)11-19-6-3-4-16-19/h3-7,13H,2,8-12H2,1H3/t13-/m0/s1. The maximum Gasteiger partial charge on any atom is 0.122 e. The van der Waals surface area contributed by atoms with Crippen LogP contribution in [-0.2, 0) is 24.4 Å². The highest BCUT2D eigenvalue weighted by molar-refractivity contribution is 4.93. The van der Waals surface area contributed by atoms with Gasteiger partial charge in [0.05, 0.1) is 25.8 Å². The molecule has 6 nitrogen and oxygen atoms in total. The first kappa shape index (κ1) is 13.3. The first-order chi connectivity index (χ1) is 9.85. The SMILES string of the molecule is CCn1ccnc1CN1CCO[C@H](Cn2cccn2)C1. The number of hydrogen-bond donors (Lipinski definition) is 0. The molecular formula is C14H21N5O. The molecule has 2 aromatic rings. The van der Waals surface area contributed by atoms with Gasteiger partial charge in [-0.05, 0) is 13.0 Å². The topological polar surface area (TPSA) is 48.1 Å². The van der Waals surface area contributed by atoms with Gasteiger partial charge in [0.2, 0.25) is 0 Å². The number of ether oxygens (including phenoxy) is 1. The molecule has 3 rings (SSSR count). The lowest BCUT2D eigenvalue weighted by molar-refractivity contribution is -0.0411. The van der Waals surface area contributed by atoms with Gasteiger partial charge in [0.1, 0.15) is 5.82 Å². The van der Waals surface area contributed by atoms with Crippen LogP contribution in [0.1, 0.15) is 12.7 Å². The summed E-state index contributed by atoms with van der Waals surface area (Å²) in [4.78, 5) is 6.85. The van der Waals surface area contributed by atoms with Crippen molar-refractivity contribution in [2.45, 2.75) is 32.7 Å². The van der Waals surface area contributed by atoms with Crippen molar-refractivity contribution in [2.24, 2.45) is 0 Å². The zero-order chi connectivity index (χ0) is 13.8. The number of aryl methyl sites for hydroxylation is 1. The zero-order valence-corrected chi connectivity index (χ0v) is 11.9. The predicted octanol–water partition coefficient (Wildman–Crippen LogP) is 1.00. The fourth-order valence-corrected chi connectivity index (χ4v) is 2.63. The molecule has 0 aromatic carbocycles. The molecule has 0 aliphatic carbocycles. The van der Waals surface area contributed by atoms with Gasteiger partial charge in [-0.1, -0.05) is 0 Å². The van der Waals surface area contributed by atoms with Crippen molar-refractivity contribution in [1.29, 1.82) is 0 Å². The van der Waals surface area contributed by atoms with E-state index in [0.717, 1.165) is 45.2 Å². The molecule has 1 aliphatic rings. The Morgan fingerprint density at radius 3 is 3.10 bits per heavy atom. The second-order valence-electron chi connectivity index (χ2n) is 5.09. The molecule has 3 heterocycles. The van der Waals surface area contributed by atoms with E-state index >= 15 is 0 Å². The summed E-state index contributed by atoms with van der Waals surface area (Å²) in [6.07, 6.45) is 7.90. The molecule has 0 unspecified atom stereocenters. The summed E-state index contributed by atoms with van der Waals surface area (Å²) in [7, 11) is 0. The van der Waals surface area contributed by atoms with Gasteiger partial charge < -0.3 is 9.30 Å². The monoisotopic (exact) mass is 275 g/mol. The highest BCUT2D eigenvalue weighted by Gasteiger charge is 2.22. The minimum absolute atomic E-state index is 0.202. The summed E-state index contributed by atoms with van der Waals surface area (Å²) < 4.78 is 9.95. The highest BCUT2D eigenvalue weighted by atomic mass is 16.5. The van der Waals surface area contributed by atoms with Crippen LogP contribution in [0.2, 0.25) is 0 Å². The molecular weight excluding hydrogens is 254 g/mol. The summed E-state index contributed by atoms with van der Waals surface area (Å²) in [6, 6.07) is 1.94. The molecule has 1 fully saturated rings. The Balaban J connectivity index is 1.58. The summed E-state index contributed by atoms with van der Waals surface area (Å²) in [5.41, 5.74) is 0. The van der Waals surface area contributed by atoms with Crippen LogP contribution in [0.25, 0.3) is 0 Å². The Morgan fingerprint density at radius 1 is 1.35 bits per heavy atom. The Morgan fingerprint density at radius 2 is 2.30 bits per heavy atom. The lowest BCUT2D eigenvalue weighted by Crippen LogP contribution is -2.44. The number of nitrogens with zero attached hydrogens (tertiary/aromatic N) is 5. The first-order valence-electron chi connectivity index (χ1n) is 7.16. The fourth-order valence-electron chi connectivity index (χ4n) is 2.63. The van der Waals surface area contributed by atoms with Gasteiger partial charge in [-0.15, -0.1) is 0 Å². The molecule has 0 amide bonds. The summed E-state index contributed by atoms with van der Waals surface area (Å²) in [6.45, 7) is 7.48. The van der Waals surface area contributed by atoms with Gasteiger partial charge in [-0.25, -0.2) is 4.98 Å². The van der Waals surface area contributed by atoms with Crippen LogP contribution in [0.5, 0.6) is 0 Å². The molecule has 0 spiro atoms. The van der Waals surface area contributed by atoms with Crippen molar-refractivity contribution in [3.05, 3.63) is 36.7 Å².